The lowest BCUT2D eigenvalue weighted by Crippen LogP contribution is -2.19. The molecular formula is C11H13NO3S. The summed E-state index contributed by atoms with van der Waals surface area (Å²) in [7, 11) is -2.23. The molecule has 0 amide bonds. The molecule has 0 aromatic heterocycles. The summed E-state index contributed by atoms with van der Waals surface area (Å²) in [5.41, 5.74) is 0. The average Bonchev–Trinajstić information content (AvgIpc) is 2.30. The van der Waals surface area contributed by atoms with Gasteiger partial charge in [-0.15, -0.1) is 0 Å². The Morgan fingerprint density at radius 1 is 1.44 bits per heavy atom. The fraction of sp³-hybridized carbons (Fsp3) is 0.364. The molecule has 0 saturated carbocycles. The summed E-state index contributed by atoms with van der Waals surface area (Å²) in [5, 5.41) is 7.79. The van der Waals surface area contributed by atoms with Crippen molar-refractivity contribution in [1.29, 1.82) is 5.26 Å². The molecule has 0 spiro atoms. The topological polar surface area (TPSA) is 67.2 Å². The molecule has 1 atom stereocenters. The number of rotatable bonds is 4. The van der Waals surface area contributed by atoms with Gasteiger partial charge in [-0.3, -0.25) is 0 Å². The number of methoxy groups -OCH3 is 1. The van der Waals surface area contributed by atoms with Gasteiger partial charge in [-0.1, -0.05) is 19.1 Å². The van der Waals surface area contributed by atoms with E-state index in [0.717, 1.165) is 0 Å². The molecular weight excluding hydrogens is 226 g/mol. The minimum atomic E-state index is -3.63. The van der Waals surface area contributed by atoms with Crippen molar-refractivity contribution < 1.29 is 13.2 Å². The van der Waals surface area contributed by atoms with Gasteiger partial charge < -0.3 is 4.74 Å². The second kappa shape index (κ2) is 4.99. The SMILES string of the molecule is CCC(C#N)S(=O)(=O)c1ccccc1OC. The Morgan fingerprint density at radius 2 is 2.06 bits per heavy atom. The Morgan fingerprint density at radius 3 is 2.56 bits per heavy atom. The van der Waals surface area contributed by atoms with Crippen LogP contribution in [0.5, 0.6) is 5.75 Å². The first-order valence-corrected chi connectivity index (χ1v) is 6.39. The lowest BCUT2D eigenvalue weighted by Gasteiger charge is -2.11. The quantitative estimate of drug-likeness (QED) is 0.803. The third-order valence-electron chi connectivity index (χ3n) is 2.26. The minimum Gasteiger partial charge on any atom is -0.495 e. The molecule has 5 heteroatoms. The van der Waals surface area contributed by atoms with Crippen LogP contribution in [0, 0.1) is 11.3 Å². The predicted octanol–water partition coefficient (Wildman–Crippen LogP) is 1.77. The Balaban J connectivity index is 3.33. The zero-order chi connectivity index (χ0) is 12.2. The molecule has 1 aromatic carbocycles. The van der Waals surface area contributed by atoms with E-state index in [0.29, 0.717) is 0 Å². The molecule has 4 nitrogen and oxygen atoms in total. The molecule has 0 bridgehead atoms. The second-order valence-electron chi connectivity index (χ2n) is 3.22. The van der Waals surface area contributed by atoms with E-state index in [4.69, 9.17) is 10.00 Å². The van der Waals surface area contributed by atoms with Gasteiger partial charge in [-0.25, -0.2) is 8.42 Å². The van der Waals surface area contributed by atoms with E-state index in [9.17, 15) is 8.42 Å². The first kappa shape index (κ1) is 12.5. The van der Waals surface area contributed by atoms with Gasteiger partial charge >= 0.3 is 0 Å². The highest BCUT2D eigenvalue weighted by atomic mass is 32.2. The highest BCUT2D eigenvalue weighted by Crippen LogP contribution is 2.27. The Hall–Kier alpha value is -1.54. The number of hydrogen-bond donors (Lipinski definition) is 0. The first-order chi connectivity index (χ1) is 7.57. The molecule has 0 N–H and O–H groups in total. The van der Waals surface area contributed by atoms with Gasteiger partial charge in [0.15, 0.2) is 15.1 Å². The largest absolute Gasteiger partial charge is 0.495 e. The van der Waals surface area contributed by atoms with Gasteiger partial charge in [-0.05, 0) is 18.6 Å². The summed E-state index contributed by atoms with van der Waals surface area (Å²) in [4.78, 5) is 0.0749. The Kier molecular flexibility index (Phi) is 3.91. The normalized spacial score (nSPS) is 12.8. The van der Waals surface area contributed by atoms with Crippen LogP contribution in [-0.4, -0.2) is 20.8 Å². The zero-order valence-corrected chi connectivity index (χ0v) is 9.99. The van der Waals surface area contributed by atoms with E-state index in [1.165, 1.54) is 13.2 Å². The molecule has 86 valence electrons. The van der Waals surface area contributed by atoms with Crippen molar-refractivity contribution in [3.63, 3.8) is 0 Å². The van der Waals surface area contributed by atoms with Crippen LogP contribution < -0.4 is 4.74 Å². The molecule has 0 saturated heterocycles. The lowest BCUT2D eigenvalue weighted by atomic mass is 10.3. The van der Waals surface area contributed by atoms with Crippen LogP contribution in [0.1, 0.15) is 13.3 Å². The molecule has 0 fully saturated rings. The maximum Gasteiger partial charge on any atom is 0.198 e. The van der Waals surface area contributed by atoms with E-state index >= 15 is 0 Å². The van der Waals surface area contributed by atoms with Gasteiger partial charge in [0.25, 0.3) is 0 Å². The van der Waals surface area contributed by atoms with Crippen molar-refractivity contribution in [2.24, 2.45) is 0 Å². The van der Waals surface area contributed by atoms with Gasteiger partial charge in [0.05, 0.1) is 13.2 Å². The third-order valence-corrected chi connectivity index (χ3v) is 4.40. The molecule has 0 heterocycles. The van der Waals surface area contributed by atoms with Crippen LogP contribution in [0.4, 0.5) is 0 Å². The summed E-state index contributed by atoms with van der Waals surface area (Å²) in [6.45, 7) is 1.67. The Bertz CT molecular complexity index is 502. The molecule has 1 aromatic rings. The zero-order valence-electron chi connectivity index (χ0n) is 9.17. The van der Waals surface area contributed by atoms with Crippen molar-refractivity contribution in [3.05, 3.63) is 24.3 Å². The minimum absolute atomic E-state index is 0.0749. The monoisotopic (exact) mass is 239 g/mol. The molecule has 0 aliphatic heterocycles. The van der Waals surface area contributed by atoms with Crippen molar-refractivity contribution >= 4 is 9.84 Å². The van der Waals surface area contributed by atoms with E-state index < -0.39 is 15.1 Å². The smallest absolute Gasteiger partial charge is 0.198 e. The van der Waals surface area contributed by atoms with Crippen LogP contribution in [0.3, 0.4) is 0 Å². The van der Waals surface area contributed by atoms with Gasteiger partial charge in [0, 0.05) is 0 Å². The van der Waals surface area contributed by atoms with Crippen LogP contribution in [0.15, 0.2) is 29.2 Å². The lowest BCUT2D eigenvalue weighted by molar-refractivity contribution is 0.402. The number of hydrogen-bond acceptors (Lipinski definition) is 4. The van der Waals surface area contributed by atoms with E-state index in [1.54, 1.807) is 31.2 Å². The number of nitriles is 1. The summed E-state index contributed by atoms with van der Waals surface area (Å²) < 4.78 is 29.1. The maximum atomic E-state index is 12.1. The molecule has 1 unspecified atom stereocenters. The summed E-state index contributed by atoms with van der Waals surface area (Å²) in [6, 6.07) is 8.11. The fourth-order valence-electron chi connectivity index (χ4n) is 1.39. The van der Waals surface area contributed by atoms with Crippen molar-refractivity contribution in [2.75, 3.05) is 7.11 Å². The van der Waals surface area contributed by atoms with E-state index in [2.05, 4.69) is 0 Å². The maximum absolute atomic E-state index is 12.1. The second-order valence-corrected chi connectivity index (χ2v) is 5.32. The highest BCUT2D eigenvalue weighted by Gasteiger charge is 2.28. The standard InChI is InChI=1S/C11H13NO3S/c1-3-9(8-12)16(13,14)11-7-5-4-6-10(11)15-2/h4-7,9H,3H2,1-2H3. The number of benzene rings is 1. The molecule has 0 aliphatic carbocycles. The predicted molar refractivity (Wildman–Crippen MR) is 59.9 cm³/mol. The van der Waals surface area contributed by atoms with Crippen LogP contribution in [0.25, 0.3) is 0 Å². The number of ether oxygens (including phenoxy) is 1. The van der Waals surface area contributed by atoms with Crippen LogP contribution in [0.2, 0.25) is 0 Å². The summed E-state index contributed by atoms with van der Waals surface area (Å²) in [5.74, 6) is 0.274. The average molecular weight is 239 g/mol. The van der Waals surface area contributed by atoms with Gasteiger partial charge in [0.2, 0.25) is 0 Å². The van der Waals surface area contributed by atoms with Gasteiger partial charge in [0.1, 0.15) is 10.6 Å². The van der Waals surface area contributed by atoms with Crippen LogP contribution in [-0.2, 0) is 9.84 Å². The highest BCUT2D eigenvalue weighted by molar-refractivity contribution is 7.92. The van der Waals surface area contributed by atoms with Crippen molar-refractivity contribution in [1.82, 2.24) is 0 Å². The molecule has 16 heavy (non-hydrogen) atoms. The van der Waals surface area contributed by atoms with Crippen molar-refractivity contribution in [2.45, 2.75) is 23.5 Å². The number of nitrogens with zero attached hydrogens (tertiary/aromatic N) is 1. The number of para-hydroxylation sites is 1. The molecule has 1 rings (SSSR count). The first-order valence-electron chi connectivity index (χ1n) is 4.84. The summed E-state index contributed by atoms with van der Waals surface area (Å²) in [6.07, 6.45) is 0.261. The fourth-order valence-corrected chi connectivity index (χ4v) is 2.97. The number of sulfone groups is 1. The van der Waals surface area contributed by atoms with Gasteiger partial charge in [-0.2, -0.15) is 5.26 Å². The Labute approximate surface area is 95.4 Å². The van der Waals surface area contributed by atoms with Crippen molar-refractivity contribution in [3.8, 4) is 11.8 Å². The van der Waals surface area contributed by atoms with E-state index in [-0.39, 0.29) is 17.1 Å². The van der Waals surface area contributed by atoms with E-state index in [1.807, 2.05) is 0 Å². The molecule has 0 radical (unpaired) electrons. The third kappa shape index (κ3) is 2.17. The summed E-state index contributed by atoms with van der Waals surface area (Å²) >= 11 is 0. The van der Waals surface area contributed by atoms with Crippen LogP contribution >= 0.6 is 0 Å². The molecule has 0 aliphatic rings.